The summed E-state index contributed by atoms with van der Waals surface area (Å²) < 4.78 is 16.4. The highest BCUT2D eigenvalue weighted by Crippen LogP contribution is 2.46. The molecule has 0 bridgehead atoms. The summed E-state index contributed by atoms with van der Waals surface area (Å²) in [6, 6.07) is 4.25. The molecule has 4 nitrogen and oxygen atoms in total. The summed E-state index contributed by atoms with van der Waals surface area (Å²) >= 11 is 0. The van der Waals surface area contributed by atoms with Gasteiger partial charge in [-0.1, -0.05) is 29.8 Å². The van der Waals surface area contributed by atoms with E-state index < -0.39 is 0 Å². The molecule has 4 heteroatoms. The van der Waals surface area contributed by atoms with E-state index in [2.05, 4.69) is 31.2 Å². The molecular weight excluding hydrogens is 268 g/mol. The number of fused-ring (bicyclic) bond motifs is 3. The van der Waals surface area contributed by atoms with Crippen LogP contribution in [0.2, 0.25) is 0 Å². The summed E-state index contributed by atoms with van der Waals surface area (Å²) in [5, 5.41) is 0. The van der Waals surface area contributed by atoms with Crippen molar-refractivity contribution in [1.82, 2.24) is 0 Å². The van der Waals surface area contributed by atoms with Crippen molar-refractivity contribution in [3.63, 3.8) is 0 Å². The van der Waals surface area contributed by atoms with Crippen molar-refractivity contribution in [2.45, 2.75) is 38.9 Å². The minimum Gasteiger partial charge on any atom is -0.488 e. The maximum atomic E-state index is 11.3. The van der Waals surface area contributed by atoms with Gasteiger partial charge in [0.15, 0.2) is 0 Å². The van der Waals surface area contributed by atoms with E-state index in [1.807, 2.05) is 0 Å². The van der Waals surface area contributed by atoms with Crippen molar-refractivity contribution < 1.29 is 19.0 Å². The molecule has 1 heterocycles. The molecule has 0 fully saturated rings. The molecule has 1 aliphatic heterocycles. The van der Waals surface area contributed by atoms with Crippen LogP contribution in [0.5, 0.6) is 5.75 Å². The Balaban J connectivity index is 1.72. The number of benzene rings is 1. The third-order valence-corrected chi connectivity index (χ3v) is 3.86. The van der Waals surface area contributed by atoms with Crippen LogP contribution in [-0.4, -0.2) is 25.3 Å². The molecule has 0 saturated heterocycles. The lowest BCUT2D eigenvalue weighted by molar-refractivity contribution is -0.148. The predicted octanol–water partition coefficient (Wildman–Crippen LogP) is 2.88. The first-order chi connectivity index (χ1) is 10.2. The fourth-order valence-electron chi connectivity index (χ4n) is 3.03. The van der Waals surface area contributed by atoms with Gasteiger partial charge in [-0.2, -0.15) is 0 Å². The normalized spacial score (nSPS) is 21.8. The minimum absolute atomic E-state index is 0.0245. The van der Waals surface area contributed by atoms with E-state index in [-0.39, 0.29) is 18.7 Å². The predicted molar refractivity (Wildman–Crippen MR) is 78.4 cm³/mol. The molecular formula is C17H20O4. The summed E-state index contributed by atoms with van der Waals surface area (Å²) in [6.07, 6.45) is 5.59. The standard InChI is InChI=1S/C17H20O4/c1-3-20-16(18)10-19-9-12-7-11(2)8-14-13-5-4-6-15(13)21-17(12)14/h4-5,7-8,13,15H,3,6,9-10H2,1-2H3/t13-,15-/m1/s1. The third kappa shape index (κ3) is 2.81. The van der Waals surface area contributed by atoms with Crippen LogP contribution in [0.1, 0.15) is 36.0 Å². The molecule has 0 amide bonds. The Kier molecular flexibility index (Phi) is 3.97. The number of hydrogen-bond acceptors (Lipinski definition) is 4. The fourth-order valence-corrected chi connectivity index (χ4v) is 3.03. The molecule has 1 aliphatic carbocycles. The highest BCUT2D eigenvalue weighted by atomic mass is 16.6. The molecule has 0 saturated carbocycles. The maximum absolute atomic E-state index is 11.3. The Morgan fingerprint density at radius 3 is 3.10 bits per heavy atom. The van der Waals surface area contributed by atoms with Crippen molar-refractivity contribution in [3.8, 4) is 5.75 Å². The Morgan fingerprint density at radius 1 is 1.43 bits per heavy atom. The van der Waals surface area contributed by atoms with Gasteiger partial charge >= 0.3 is 5.97 Å². The Morgan fingerprint density at radius 2 is 2.29 bits per heavy atom. The lowest BCUT2D eigenvalue weighted by Gasteiger charge is -2.11. The van der Waals surface area contributed by atoms with Gasteiger partial charge in [0.25, 0.3) is 0 Å². The second-order valence-electron chi connectivity index (χ2n) is 5.49. The van der Waals surface area contributed by atoms with E-state index in [4.69, 9.17) is 14.2 Å². The molecule has 3 rings (SSSR count). The zero-order valence-corrected chi connectivity index (χ0v) is 12.4. The van der Waals surface area contributed by atoms with Crippen LogP contribution in [0.4, 0.5) is 0 Å². The lowest BCUT2D eigenvalue weighted by atomic mass is 9.95. The van der Waals surface area contributed by atoms with Gasteiger partial charge in [-0.3, -0.25) is 0 Å². The molecule has 1 aromatic carbocycles. The highest BCUT2D eigenvalue weighted by molar-refractivity contribution is 5.70. The molecule has 0 spiro atoms. The van der Waals surface area contributed by atoms with E-state index in [0.717, 1.165) is 17.7 Å². The average Bonchev–Trinajstić information content (AvgIpc) is 3.01. The fraction of sp³-hybridized carbons (Fsp3) is 0.471. The smallest absolute Gasteiger partial charge is 0.332 e. The third-order valence-electron chi connectivity index (χ3n) is 3.86. The molecule has 1 aromatic rings. The largest absolute Gasteiger partial charge is 0.488 e. The molecule has 2 atom stereocenters. The second-order valence-corrected chi connectivity index (χ2v) is 5.49. The van der Waals surface area contributed by atoms with Crippen molar-refractivity contribution in [2.75, 3.05) is 13.2 Å². The van der Waals surface area contributed by atoms with Crippen molar-refractivity contribution in [3.05, 3.63) is 41.0 Å². The summed E-state index contributed by atoms with van der Waals surface area (Å²) in [7, 11) is 0. The number of carbonyl (C=O) groups excluding carboxylic acids is 1. The van der Waals surface area contributed by atoms with E-state index in [9.17, 15) is 4.79 Å². The molecule has 112 valence electrons. The van der Waals surface area contributed by atoms with Gasteiger partial charge in [0, 0.05) is 23.5 Å². The molecule has 21 heavy (non-hydrogen) atoms. The first kappa shape index (κ1) is 14.1. The lowest BCUT2D eigenvalue weighted by Crippen LogP contribution is -2.13. The summed E-state index contributed by atoms with van der Waals surface area (Å²) in [5.74, 6) is 0.968. The van der Waals surface area contributed by atoms with E-state index in [1.165, 1.54) is 11.1 Å². The van der Waals surface area contributed by atoms with Gasteiger partial charge < -0.3 is 14.2 Å². The topological polar surface area (TPSA) is 44.8 Å². The van der Waals surface area contributed by atoms with E-state index in [0.29, 0.717) is 19.1 Å². The van der Waals surface area contributed by atoms with Crippen LogP contribution in [0, 0.1) is 6.92 Å². The van der Waals surface area contributed by atoms with Crippen LogP contribution < -0.4 is 4.74 Å². The van der Waals surface area contributed by atoms with Gasteiger partial charge in [0.1, 0.15) is 18.5 Å². The quantitative estimate of drug-likeness (QED) is 0.617. The zero-order chi connectivity index (χ0) is 14.8. The Bertz CT molecular complexity index is 576. The summed E-state index contributed by atoms with van der Waals surface area (Å²) in [5.41, 5.74) is 3.44. The molecule has 0 N–H and O–H groups in total. The van der Waals surface area contributed by atoms with Gasteiger partial charge in [-0.25, -0.2) is 4.79 Å². The van der Waals surface area contributed by atoms with Gasteiger partial charge in [0.2, 0.25) is 0 Å². The number of ether oxygens (including phenoxy) is 3. The molecule has 0 aromatic heterocycles. The number of carbonyl (C=O) groups is 1. The summed E-state index contributed by atoms with van der Waals surface area (Å²) in [6.45, 7) is 4.57. The highest BCUT2D eigenvalue weighted by Gasteiger charge is 2.36. The van der Waals surface area contributed by atoms with E-state index >= 15 is 0 Å². The van der Waals surface area contributed by atoms with Crippen molar-refractivity contribution >= 4 is 5.97 Å². The van der Waals surface area contributed by atoms with Gasteiger partial charge in [-0.05, 0) is 13.8 Å². The molecule has 0 unspecified atom stereocenters. The first-order valence-corrected chi connectivity index (χ1v) is 7.39. The number of esters is 1. The molecule has 2 aliphatic rings. The molecule has 0 radical (unpaired) electrons. The average molecular weight is 288 g/mol. The minimum atomic E-state index is -0.331. The monoisotopic (exact) mass is 288 g/mol. The SMILES string of the molecule is CCOC(=O)COCc1cc(C)cc2c1O[C@@H]1CC=C[C@H]21. The Labute approximate surface area is 124 Å². The van der Waals surface area contributed by atoms with Crippen LogP contribution in [0.25, 0.3) is 0 Å². The first-order valence-electron chi connectivity index (χ1n) is 7.39. The maximum Gasteiger partial charge on any atom is 0.332 e. The van der Waals surface area contributed by atoms with Crippen LogP contribution >= 0.6 is 0 Å². The van der Waals surface area contributed by atoms with Gasteiger partial charge in [0.05, 0.1) is 13.2 Å². The zero-order valence-electron chi connectivity index (χ0n) is 12.4. The van der Waals surface area contributed by atoms with Gasteiger partial charge in [-0.15, -0.1) is 0 Å². The summed E-state index contributed by atoms with van der Waals surface area (Å²) in [4.78, 5) is 11.3. The van der Waals surface area contributed by atoms with Crippen molar-refractivity contribution in [2.24, 2.45) is 0 Å². The number of rotatable bonds is 5. The number of hydrogen-bond donors (Lipinski definition) is 0. The van der Waals surface area contributed by atoms with Crippen molar-refractivity contribution in [1.29, 1.82) is 0 Å². The van der Waals surface area contributed by atoms with Crippen LogP contribution in [0.3, 0.4) is 0 Å². The number of aryl methyl sites for hydroxylation is 1. The van der Waals surface area contributed by atoms with Crippen LogP contribution in [-0.2, 0) is 20.9 Å². The van der Waals surface area contributed by atoms with E-state index in [1.54, 1.807) is 6.92 Å². The Hall–Kier alpha value is -1.81. The van der Waals surface area contributed by atoms with Crippen LogP contribution in [0.15, 0.2) is 24.3 Å². The second kappa shape index (κ2) is 5.90.